The average Bonchev–Trinajstić information content (AvgIpc) is 2.99. The molecule has 114 valence electrons. The molecule has 1 aliphatic carbocycles. The summed E-state index contributed by atoms with van der Waals surface area (Å²) in [6.07, 6.45) is 2.51. The second-order valence-electron chi connectivity index (χ2n) is 5.11. The van der Waals surface area contributed by atoms with Crippen LogP contribution in [0.5, 0.6) is 0 Å². The van der Waals surface area contributed by atoms with Crippen LogP contribution in [-0.4, -0.2) is 35.5 Å². The monoisotopic (exact) mass is 310 g/mol. The van der Waals surface area contributed by atoms with E-state index in [1.54, 1.807) is 17.5 Å². The first-order valence-electron chi connectivity index (χ1n) is 6.90. The van der Waals surface area contributed by atoms with Crippen LogP contribution in [0.2, 0.25) is 0 Å². The van der Waals surface area contributed by atoms with Gasteiger partial charge in [0.1, 0.15) is 0 Å². The Balaban J connectivity index is 1.68. The van der Waals surface area contributed by atoms with Crippen LogP contribution in [0.3, 0.4) is 0 Å². The number of rotatable bonds is 5. The van der Waals surface area contributed by atoms with E-state index in [2.05, 4.69) is 10.6 Å². The summed E-state index contributed by atoms with van der Waals surface area (Å²) in [6.45, 7) is -0.0599. The van der Waals surface area contributed by atoms with Crippen molar-refractivity contribution in [1.29, 1.82) is 0 Å². The highest BCUT2D eigenvalue weighted by Gasteiger charge is 2.26. The van der Waals surface area contributed by atoms with E-state index >= 15 is 0 Å². The van der Waals surface area contributed by atoms with Gasteiger partial charge in [-0.2, -0.15) is 0 Å². The summed E-state index contributed by atoms with van der Waals surface area (Å²) in [4.78, 5) is 34.8. The lowest BCUT2D eigenvalue weighted by atomic mass is 9.86. The summed E-state index contributed by atoms with van der Waals surface area (Å²) in [6, 6.07) is 3.48. The molecule has 0 bridgehead atoms. The predicted molar refractivity (Wildman–Crippen MR) is 78.2 cm³/mol. The van der Waals surface area contributed by atoms with Crippen LogP contribution in [0.25, 0.3) is 0 Å². The molecule has 0 saturated heterocycles. The molecule has 21 heavy (non-hydrogen) atoms. The van der Waals surface area contributed by atoms with Crippen LogP contribution in [0.15, 0.2) is 17.5 Å². The van der Waals surface area contributed by atoms with Crippen LogP contribution in [0.1, 0.15) is 35.4 Å². The number of amides is 2. The molecule has 3 N–H and O–H groups in total. The van der Waals surface area contributed by atoms with Gasteiger partial charge in [0.2, 0.25) is 5.91 Å². The minimum atomic E-state index is -0.761. The maximum atomic E-state index is 11.8. The van der Waals surface area contributed by atoms with Crippen LogP contribution >= 0.6 is 11.3 Å². The van der Waals surface area contributed by atoms with E-state index in [0.717, 1.165) is 0 Å². The zero-order valence-electron chi connectivity index (χ0n) is 11.5. The Morgan fingerprint density at radius 1 is 1.24 bits per heavy atom. The van der Waals surface area contributed by atoms with Crippen molar-refractivity contribution in [3.63, 3.8) is 0 Å². The number of nitrogens with one attached hydrogen (secondary N) is 2. The molecule has 1 heterocycles. The number of thiophene rings is 1. The molecule has 7 heteroatoms. The number of hydrogen-bond acceptors (Lipinski definition) is 4. The van der Waals surface area contributed by atoms with E-state index in [-0.39, 0.29) is 30.3 Å². The molecule has 0 radical (unpaired) electrons. The molecular formula is C14H18N2O4S. The summed E-state index contributed by atoms with van der Waals surface area (Å²) in [5.41, 5.74) is 0. The fourth-order valence-electron chi connectivity index (χ4n) is 2.42. The largest absolute Gasteiger partial charge is 0.481 e. The van der Waals surface area contributed by atoms with Gasteiger partial charge in [-0.15, -0.1) is 11.3 Å². The molecule has 2 rings (SSSR count). The molecule has 1 fully saturated rings. The zero-order valence-corrected chi connectivity index (χ0v) is 12.3. The molecule has 0 unspecified atom stereocenters. The van der Waals surface area contributed by atoms with E-state index in [1.807, 2.05) is 0 Å². The van der Waals surface area contributed by atoms with Gasteiger partial charge < -0.3 is 15.7 Å². The third kappa shape index (κ3) is 4.56. The quantitative estimate of drug-likeness (QED) is 0.762. The predicted octanol–water partition coefficient (Wildman–Crippen LogP) is 1.24. The Bertz CT molecular complexity index is 507. The van der Waals surface area contributed by atoms with Crippen molar-refractivity contribution in [2.45, 2.75) is 31.7 Å². The third-order valence-corrected chi connectivity index (χ3v) is 4.46. The van der Waals surface area contributed by atoms with Crippen molar-refractivity contribution < 1.29 is 19.5 Å². The van der Waals surface area contributed by atoms with Crippen molar-refractivity contribution >= 4 is 29.1 Å². The highest BCUT2D eigenvalue weighted by atomic mass is 32.1. The maximum absolute atomic E-state index is 11.8. The van der Waals surface area contributed by atoms with Gasteiger partial charge in [-0.25, -0.2) is 0 Å². The topological polar surface area (TPSA) is 95.5 Å². The standard InChI is InChI=1S/C14H18N2O4S/c17-12(8-15-13(18)11-2-1-7-21-11)16-10-5-3-9(4-6-10)14(19)20/h1-2,7,9-10H,3-6,8H2,(H,15,18)(H,16,17)(H,19,20). The lowest BCUT2D eigenvalue weighted by Crippen LogP contribution is -2.43. The van der Waals surface area contributed by atoms with Crippen LogP contribution < -0.4 is 10.6 Å². The Morgan fingerprint density at radius 2 is 1.95 bits per heavy atom. The molecular weight excluding hydrogens is 292 g/mol. The number of carbonyl (C=O) groups is 3. The molecule has 0 atom stereocenters. The summed E-state index contributed by atoms with van der Waals surface area (Å²) >= 11 is 1.32. The number of carbonyl (C=O) groups excluding carboxylic acids is 2. The van der Waals surface area contributed by atoms with Crippen molar-refractivity contribution in [1.82, 2.24) is 10.6 Å². The van der Waals surface area contributed by atoms with E-state index < -0.39 is 5.97 Å². The smallest absolute Gasteiger partial charge is 0.306 e. The Kier molecular flexibility index (Phi) is 5.32. The number of carboxylic acids is 1. The highest BCUT2D eigenvalue weighted by molar-refractivity contribution is 7.12. The minimum Gasteiger partial charge on any atom is -0.481 e. The Labute approximate surface area is 126 Å². The lowest BCUT2D eigenvalue weighted by molar-refractivity contribution is -0.142. The van der Waals surface area contributed by atoms with Crippen molar-refractivity contribution in [2.75, 3.05) is 6.54 Å². The third-order valence-electron chi connectivity index (χ3n) is 3.60. The summed E-state index contributed by atoms with van der Waals surface area (Å²) in [5.74, 6) is -1.55. The first-order valence-corrected chi connectivity index (χ1v) is 7.78. The Morgan fingerprint density at radius 3 is 2.52 bits per heavy atom. The van der Waals surface area contributed by atoms with Gasteiger partial charge in [0.25, 0.3) is 5.91 Å². The fraction of sp³-hybridized carbons (Fsp3) is 0.500. The summed E-state index contributed by atoms with van der Waals surface area (Å²) in [5, 5.41) is 16.1. The molecule has 1 aromatic heterocycles. The van der Waals surface area contributed by atoms with Crippen LogP contribution in [-0.2, 0) is 9.59 Å². The van der Waals surface area contributed by atoms with Crippen LogP contribution in [0.4, 0.5) is 0 Å². The molecule has 0 aliphatic heterocycles. The van der Waals surface area contributed by atoms with Gasteiger partial charge in [-0.1, -0.05) is 6.07 Å². The lowest BCUT2D eigenvalue weighted by Gasteiger charge is -2.26. The fourth-order valence-corrected chi connectivity index (χ4v) is 3.06. The van der Waals surface area contributed by atoms with Gasteiger partial charge in [-0.05, 0) is 37.1 Å². The van der Waals surface area contributed by atoms with E-state index in [1.165, 1.54) is 11.3 Å². The van der Waals surface area contributed by atoms with Crippen molar-refractivity contribution in [2.24, 2.45) is 5.92 Å². The van der Waals surface area contributed by atoms with Gasteiger partial charge in [0, 0.05) is 6.04 Å². The number of aliphatic carboxylic acids is 1. The summed E-state index contributed by atoms with van der Waals surface area (Å²) in [7, 11) is 0. The first-order chi connectivity index (χ1) is 10.1. The van der Waals surface area contributed by atoms with Gasteiger partial charge in [0.05, 0.1) is 17.3 Å². The average molecular weight is 310 g/mol. The van der Waals surface area contributed by atoms with Gasteiger partial charge >= 0.3 is 5.97 Å². The zero-order chi connectivity index (χ0) is 15.2. The van der Waals surface area contributed by atoms with Gasteiger partial charge in [-0.3, -0.25) is 14.4 Å². The molecule has 0 aromatic carbocycles. The molecule has 1 aromatic rings. The molecule has 0 spiro atoms. The minimum absolute atomic E-state index is 0.00624. The second-order valence-corrected chi connectivity index (χ2v) is 6.06. The first kappa shape index (κ1) is 15.5. The van der Waals surface area contributed by atoms with Gasteiger partial charge in [0.15, 0.2) is 0 Å². The van der Waals surface area contributed by atoms with Crippen molar-refractivity contribution in [3.05, 3.63) is 22.4 Å². The van der Waals surface area contributed by atoms with E-state index in [9.17, 15) is 14.4 Å². The normalized spacial score (nSPS) is 21.5. The SMILES string of the molecule is O=C(CNC(=O)c1cccs1)NC1CCC(C(=O)O)CC1. The second kappa shape index (κ2) is 7.21. The summed E-state index contributed by atoms with van der Waals surface area (Å²) < 4.78 is 0. The highest BCUT2D eigenvalue weighted by Crippen LogP contribution is 2.24. The molecule has 2 amide bonds. The molecule has 1 saturated carbocycles. The van der Waals surface area contributed by atoms with Crippen LogP contribution in [0, 0.1) is 5.92 Å². The maximum Gasteiger partial charge on any atom is 0.306 e. The van der Waals surface area contributed by atoms with E-state index in [4.69, 9.17) is 5.11 Å². The molecule has 1 aliphatic rings. The molecule has 6 nitrogen and oxygen atoms in total. The number of carboxylic acid groups (broad SMARTS) is 1. The number of hydrogen-bond donors (Lipinski definition) is 3. The Hall–Kier alpha value is -1.89. The van der Waals surface area contributed by atoms with Crippen molar-refractivity contribution in [3.8, 4) is 0 Å². The van der Waals surface area contributed by atoms with E-state index in [0.29, 0.717) is 30.6 Å².